The molecule has 1 aromatic carbocycles. The summed E-state index contributed by atoms with van der Waals surface area (Å²) in [6, 6.07) is 9.05. The highest BCUT2D eigenvalue weighted by atomic mass is 14.7. The van der Waals surface area contributed by atoms with Crippen LogP contribution in [0.1, 0.15) is 161 Å². The van der Waals surface area contributed by atoms with Gasteiger partial charge in [-0.1, -0.05) is 179 Å². The van der Waals surface area contributed by atoms with Crippen LogP contribution in [0.15, 0.2) is 126 Å². The summed E-state index contributed by atoms with van der Waals surface area (Å²) in [5.41, 5.74) is 20.3. The van der Waals surface area contributed by atoms with Gasteiger partial charge >= 0.3 is 0 Å². The molecular weight excluding hydrogens is 723 g/mol. The van der Waals surface area contributed by atoms with E-state index >= 15 is 0 Å². The number of benzene rings is 1. The van der Waals surface area contributed by atoms with Crippen molar-refractivity contribution < 1.29 is 0 Å². The lowest BCUT2D eigenvalue weighted by Crippen LogP contribution is -2.33. The van der Waals surface area contributed by atoms with E-state index in [1.807, 2.05) is 33.9 Å². The van der Waals surface area contributed by atoms with Crippen LogP contribution in [0.2, 0.25) is 0 Å². The van der Waals surface area contributed by atoms with E-state index in [4.69, 9.17) is 11.6 Å². The largest absolute Gasteiger partial charge is 0.257 e. The first-order valence-corrected chi connectivity index (χ1v) is 24.3. The van der Waals surface area contributed by atoms with Gasteiger partial charge < -0.3 is 0 Å². The van der Waals surface area contributed by atoms with E-state index in [2.05, 4.69) is 140 Å². The normalized spacial score (nSPS) is 25.2. The summed E-state index contributed by atoms with van der Waals surface area (Å²) in [5, 5.41) is 0. The molecule has 0 N–H and O–H groups in total. The quantitative estimate of drug-likeness (QED) is 0.265. The van der Waals surface area contributed by atoms with E-state index in [9.17, 15) is 0 Å². The van der Waals surface area contributed by atoms with E-state index in [0.717, 1.165) is 37.8 Å². The van der Waals surface area contributed by atoms with Crippen LogP contribution in [0, 0.1) is 48.3 Å². The van der Waals surface area contributed by atoms with Crippen LogP contribution in [-0.2, 0) is 6.42 Å². The molecule has 60 heavy (non-hydrogen) atoms. The second-order valence-corrected chi connectivity index (χ2v) is 17.4. The molecule has 6 unspecified atom stereocenters. The number of unbranched alkanes of at least 4 members (excludes halogenated alkanes) is 1. The van der Waals surface area contributed by atoms with Crippen LogP contribution in [-0.4, -0.2) is 4.98 Å². The zero-order valence-electron chi connectivity index (χ0n) is 39.6. The van der Waals surface area contributed by atoms with E-state index in [1.165, 1.54) is 82.2 Å². The molecule has 9 rings (SSSR count). The van der Waals surface area contributed by atoms with Crippen LogP contribution < -0.4 is 0 Å². The van der Waals surface area contributed by atoms with Crippen LogP contribution in [0.25, 0.3) is 22.8 Å². The van der Waals surface area contributed by atoms with Gasteiger partial charge in [0.15, 0.2) is 0 Å². The van der Waals surface area contributed by atoms with E-state index in [1.54, 1.807) is 22.3 Å². The monoisotopic (exact) mass is 802 g/mol. The number of pyridine rings is 1. The van der Waals surface area contributed by atoms with Crippen molar-refractivity contribution in [3.63, 3.8) is 0 Å². The van der Waals surface area contributed by atoms with Gasteiger partial charge in [-0.15, -0.1) is 6.58 Å². The Morgan fingerprint density at radius 1 is 0.883 bits per heavy atom. The first-order chi connectivity index (χ1) is 29.3. The summed E-state index contributed by atoms with van der Waals surface area (Å²) < 4.78 is 0. The minimum atomic E-state index is 0.342. The summed E-state index contributed by atoms with van der Waals surface area (Å²) in [7, 11) is 0. The average Bonchev–Trinajstić information content (AvgIpc) is 3.48. The summed E-state index contributed by atoms with van der Waals surface area (Å²) in [6.07, 6.45) is 38.1. The zero-order chi connectivity index (χ0) is 43.5. The van der Waals surface area contributed by atoms with Crippen LogP contribution in [0.5, 0.6) is 0 Å². The smallest absolute Gasteiger partial charge is 0.0671 e. The number of allylic oxidation sites excluding steroid dienone is 17. The average molecular weight is 802 g/mol. The lowest BCUT2D eigenvalue weighted by atomic mass is 9.59. The summed E-state index contributed by atoms with van der Waals surface area (Å²) in [5.74, 6) is 2.96. The summed E-state index contributed by atoms with van der Waals surface area (Å²) >= 11 is 0. The Hall–Kier alpha value is -4.23. The fraction of sp³-hybridized carbons (Fsp3) is 0.475. The minimum absolute atomic E-state index is 0.342. The molecule has 7 aliphatic rings. The molecule has 0 spiro atoms. The number of nitrogens with zero attached hydrogens (tertiary/aromatic N) is 1. The van der Waals surface area contributed by atoms with Crippen molar-refractivity contribution in [2.45, 2.75) is 140 Å². The maximum atomic E-state index is 5.15. The highest BCUT2D eigenvalue weighted by Gasteiger charge is 2.48. The van der Waals surface area contributed by atoms with Crippen molar-refractivity contribution in [1.29, 1.82) is 0 Å². The predicted octanol–water partition coefficient (Wildman–Crippen LogP) is 17.3. The number of hydrogen-bond donors (Lipinski definition) is 0. The molecule has 1 nitrogen and oxygen atoms in total. The maximum absolute atomic E-state index is 5.15. The van der Waals surface area contributed by atoms with Crippen molar-refractivity contribution in [1.82, 2.24) is 4.98 Å². The summed E-state index contributed by atoms with van der Waals surface area (Å²) in [6.45, 7) is 33.2. The molecule has 2 aromatic rings. The number of aromatic nitrogens is 1. The molecule has 0 radical (unpaired) electrons. The van der Waals surface area contributed by atoms with Crippen molar-refractivity contribution in [2.75, 3.05) is 0 Å². The topological polar surface area (TPSA) is 12.9 Å². The van der Waals surface area contributed by atoms with Crippen LogP contribution in [0.4, 0.5) is 0 Å². The van der Waals surface area contributed by atoms with E-state index in [-0.39, 0.29) is 0 Å². The maximum Gasteiger partial charge on any atom is 0.0671 e. The molecule has 0 aliphatic heterocycles. The van der Waals surface area contributed by atoms with Gasteiger partial charge in [-0.05, 0) is 143 Å². The second kappa shape index (κ2) is 22.0. The Labute approximate surface area is 367 Å². The standard InChI is InChI=1S/C48H49N.C4H10.C3H8.2C2H6/c1-6-14-28(3)44-40-26-36-22-31(7-2)21-35-23-32-15-8-9-16-33(32)24-38(35)39(36)27-41(40)47(43-19-12-13-20-49-43)48-42-25-34-17-10-11-18-37(34)29(4)45(42)30(5)46(44)48;1-3-4-2;1-3-2;2*1-2/h7-10,12-13,15-17,19-20,23-26,28,31-33,39-41H,2,5-6,11,14,18,21-22,27H2,1,3-4H3;3-4H2,1-2H3;3H2,1-2H3;2*1-2H3/t28?,31-,32?,33?,39?,40?,41?;;;;/m1..../s1. The molecular formula is C59H79N. The molecule has 7 atom stereocenters. The van der Waals surface area contributed by atoms with Crippen LogP contribution >= 0.6 is 0 Å². The SMILES string of the molecule is C=C[C@@H]1CC2=CC3C=CC=CC3C=C2C2CC3C(c4ccccn4)=C4C(=C(C(C)CCC)C3C=C2C1)C(=C)c1c4cc2c(c1C)CCC=C2.CC.CC.CCC.CCCC. The Bertz CT molecular complexity index is 2080. The van der Waals surface area contributed by atoms with Crippen molar-refractivity contribution in [2.24, 2.45) is 41.4 Å². The van der Waals surface area contributed by atoms with Gasteiger partial charge in [0.1, 0.15) is 0 Å². The van der Waals surface area contributed by atoms with Gasteiger partial charge in [0, 0.05) is 29.9 Å². The highest BCUT2D eigenvalue weighted by Crippen LogP contribution is 2.63. The zero-order valence-corrected chi connectivity index (χ0v) is 39.6. The van der Waals surface area contributed by atoms with E-state index in [0.29, 0.717) is 41.4 Å². The molecule has 1 saturated carbocycles. The van der Waals surface area contributed by atoms with Crippen molar-refractivity contribution in [3.05, 3.63) is 160 Å². The Balaban J connectivity index is 0.000000566. The number of hydrogen-bond acceptors (Lipinski definition) is 1. The first-order valence-electron chi connectivity index (χ1n) is 24.3. The predicted molar refractivity (Wildman–Crippen MR) is 266 cm³/mol. The Morgan fingerprint density at radius 3 is 2.22 bits per heavy atom. The molecule has 1 heteroatoms. The second-order valence-electron chi connectivity index (χ2n) is 17.4. The molecule has 0 bridgehead atoms. The third-order valence-electron chi connectivity index (χ3n) is 13.5. The van der Waals surface area contributed by atoms with E-state index < -0.39 is 0 Å². The molecule has 0 saturated heterocycles. The van der Waals surface area contributed by atoms with Crippen molar-refractivity contribution in [3.8, 4) is 0 Å². The first kappa shape index (κ1) is 46.8. The fourth-order valence-electron chi connectivity index (χ4n) is 10.9. The Morgan fingerprint density at radius 2 is 1.58 bits per heavy atom. The molecule has 1 fully saturated rings. The van der Waals surface area contributed by atoms with Gasteiger partial charge in [0.25, 0.3) is 0 Å². The fourth-order valence-corrected chi connectivity index (χ4v) is 10.9. The molecule has 1 aromatic heterocycles. The lowest BCUT2D eigenvalue weighted by molar-refractivity contribution is 0.382. The molecule has 1 heterocycles. The minimum Gasteiger partial charge on any atom is -0.257 e. The highest BCUT2D eigenvalue weighted by molar-refractivity contribution is 6.17. The molecule has 320 valence electrons. The van der Waals surface area contributed by atoms with Gasteiger partial charge in [0.2, 0.25) is 0 Å². The van der Waals surface area contributed by atoms with Crippen LogP contribution in [0.3, 0.4) is 0 Å². The van der Waals surface area contributed by atoms with Gasteiger partial charge in [-0.2, -0.15) is 0 Å². The van der Waals surface area contributed by atoms with Gasteiger partial charge in [0.05, 0.1) is 5.69 Å². The molecule has 7 aliphatic carbocycles. The third kappa shape index (κ3) is 9.17. The lowest BCUT2D eigenvalue weighted by Gasteiger charge is -2.45. The number of rotatable bonds is 6. The summed E-state index contributed by atoms with van der Waals surface area (Å²) in [4.78, 5) is 5.15. The number of fused-ring (bicyclic) bond motifs is 9. The molecule has 0 amide bonds. The third-order valence-corrected chi connectivity index (χ3v) is 13.5. The van der Waals surface area contributed by atoms with Gasteiger partial charge in [-0.3, -0.25) is 4.98 Å². The van der Waals surface area contributed by atoms with Gasteiger partial charge in [-0.25, -0.2) is 0 Å². The Kier molecular flexibility index (Phi) is 17.2. The van der Waals surface area contributed by atoms with Crippen molar-refractivity contribution >= 4 is 22.8 Å².